The van der Waals surface area contributed by atoms with Crippen molar-refractivity contribution in [2.24, 2.45) is 17.6 Å². The molecule has 1 saturated heterocycles. The molecular formula is C13H24N4. The summed E-state index contributed by atoms with van der Waals surface area (Å²) in [6, 6.07) is 0.106. The first-order valence-electron chi connectivity index (χ1n) is 6.52. The van der Waals surface area contributed by atoms with Gasteiger partial charge in [-0.15, -0.1) is 0 Å². The molecule has 2 atom stereocenters. The van der Waals surface area contributed by atoms with E-state index in [2.05, 4.69) is 41.8 Å². The maximum absolute atomic E-state index is 6.12. The summed E-state index contributed by atoms with van der Waals surface area (Å²) < 4.78 is 2.06. The topological polar surface area (TPSA) is 47.1 Å². The van der Waals surface area contributed by atoms with Gasteiger partial charge < -0.3 is 10.6 Å². The minimum atomic E-state index is 0.106. The van der Waals surface area contributed by atoms with E-state index in [4.69, 9.17) is 5.73 Å². The summed E-state index contributed by atoms with van der Waals surface area (Å²) >= 11 is 0. The smallest absolute Gasteiger partial charge is 0.0537 e. The van der Waals surface area contributed by atoms with Gasteiger partial charge >= 0.3 is 0 Å². The molecule has 2 N–H and O–H groups in total. The second-order valence-corrected chi connectivity index (χ2v) is 5.68. The highest BCUT2D eigenvalue weighted by Gasteiger charge is 2.20. The number of aromatic nitrogens is 2. The highest BCUT2D eigenvalue weighted by Crippen LogP contribution is 2.20. The Bertz CT molecular complexity index is 358. The third kappa shape index (κ3) is 3.07. The molecule has 17 heavy (non-hydrogen) atoms. The van der Waals surface area contributed by atoms with Gasteiger partial charge in [0.25, 0.3) is 0 Å². The molecule has 1 fully saturated rings. The lowest BCUT2D eigenvalue weighted by molar-refractivity contribution is 0.370. The van der Waals surface area contributed by atoms with Gasteiger partial charge in [-0.1, -0.05) is 13.8 Å². The molecule has 0 aliphatic carbocycles. The third-order valence-corrected chi connectivity index (χ3v) is 3.69. The number of nitrogens with two attached hydrogens (primary N) is 1. The summed E-state index contributed by atoms with van der Waals surface area (Å²) in [6.07, 6.45) is 5.31. The molecule has 0 saturated carbocycles. The molecule has 1 aliphatic rings. The molecule has 1 aromatic rings. The predicted octanol–water partition coefficient (Wildman–Crippen LogP) is 1.49. The SMILES string of the molecule is CC(C)[C@H](N)c1cnn(C[C@H]2CCN(C)C2)c1. The van der Waals surface area contributed by atoms with Crippen LogP contribution in [-0.2, 0) is 6.54 Å². The van der Waals surface area contributed by atoms with Gasteiger partial charge in [0.05, 0.1) is 6.20 Å². The van der Waals surface area contributed by atoms with Crippen molar-refractivity contribution in [3.8, 4) is 0 Å². The standard InChI is InChI=1S/C13H24N4/c1-10(2)13(14)12-6-15-17(9-12)8-11-4-5-16(3)7-11/h6,9-11,13H,4-5,7-8,14H2,1-3H3/t11-,13-/m0/s1. The van der Waals surface area contributed by atoms with Crippen molar-refractivity contribution in [2.45, 2.75) is 32.9 Å². The van der Waals surface area contributed by atoms with Gasteiger partial charge in [-0.2, -0.15) is 5.10 Å². The number of nitrogens with zero attached hydrogens (tertiary/aromatic N) is 3. The Morgan fingerprint density at radius 1 is 1.53 bits per heavy atom. The monoisotopic (exact) mass is 236 g/mol. The molecule has 1 aromatic heterocycles. The van der Waals surface area contributed by atoms with Crippen LogP contribution >= 0.6 is 0 Å². The highest BCUT2D eigenvalue weighted by molar-refractivity contribution is 5.10. The van der Waals surface area contributed by atoms with Crippen molar-refractivity contribution in [1.29, 1.82) is 0 Å². The van der Waals surface area contributed by atoms with E-state index in [0.29, 0.717) is 5.92 Å². The molecule has 2 heterocycles. The minimum absolute atomic E-state index is 0.106. The lowest BCUT2D eigenvalue weighted by Gasteiger charge is -2.13. The van der Waals surface area contributed by atoms with Crippen LogP contribution in [0.3, 0.4) is 0 Å². The summed E-state index contributed by atoms with van der Waals surface area (Å²) in [5.41, 5.74) is 7.28. The zero-order chi connectivity index (χ0) is 12.4. The second kappa shape index (κ2) is 5.19. The first kappa shape index (κ1) is 12.6. The number of likely N-dealkylation sites (tertiary alicyclic amines) is 1. The molecule has 0 aromatic carbocycles. The molecule has 0 amide bonds. The van der Waals surface area contributed by atoms with Crippen molar-refractivity contribution >= 4 is 0 Å². The van der Waals surface area contributed by atoms with E-state index in [1.165, 1.54) is 19.5 Å². The second-order valence-electron chi connectivity index (χ2n) is 5.68. The van der Waals surface area contributed by atoms with E-state index in [-0.39, 0.29) is 6.04 Å². The Hall–Kier alpha value is -0.870. The van der Waals surface area contributed by atoms with Gasteiger partial charge in [-0.25, -0.2) is 0 Å². The van der Waals surface area contributed by atoms with E-state index >= 15 is 0 Å². The normalized spacial score (nSPS) is 23.5. The Labute approximate surface area is 104 Å². The Kier molecular flexibility index (Phi) is 3.84. The van der Waals surface area contributed by atoms with Gasteiger partial charge in [-0.3, -0.25) is 4.68 Å². The van der Waals surface area contributed by atoms with Crippen LogP contribution in [0.2, 0.25) is 0 Å². The van der Waals surface area contributed by atoms with Gasteiger partial charge in [0, 0.05) is 30.9 Å². The van der Waals surface area contributed by atoms with Gasteiger partial charge in [-0.05, 0) is 31.8 Å². The Balaban J connectivity index is 1.94. The molecule has 2 rings (SSSR count). The van der Waals surface area contributed by atoms with E-state index in [1.54, 1.807) is 0 Å². The first-order chi connectivity index (χ1) is 8.06. The molecule has 0 radical (unpaired) electrons. The Morgan fingerprint density at radius 2 is 2.29 bits per heavy atom. The van der Waals surface area contributed by atoms with Crippen LogP contribution in [0.15, 0.2) is 12.4 Å². The average molecular weight is 236 g/mol. The Morgan fingerprint density at radius 3 is 2.88 bits per heavy atom. The summed E-state index contributed by atoms with van der Waals surface area (Å²) in [7, 11) is 2.18. The molecule has 1 aliphatic heterocycles. The van der Waals surface area contributed by atoms with Crippen LogP contribution in [0, 0.1) is 11.8 Å². The average Bonchev–Trinajstić information content (AvgIpc) is 2.87. The van der Waals surface area contributed by atoms with Crippen molar-refractivity contribution in [3.05, 3.63) is 18.0 Å². The van der Waals surface area contributed by atoms with Gasteiger partial charge in [0.1, 0.15) is 0 Å². The first-order valence-corrected chi connectivity index (χ1v) is 6.52. The number of hydrogen-bond acceptors (Lipinski definition) is 3. The largest absolute Gasteiger partial charge is 0.324 e. The molecule has 0 spiro atoms. The van der Waals surface area contributed by atoms with Crippen LogP contribution in [0.1, 0.15) is 31.9 Å². The molecule has 4 heteroatoms. The number of hydrogen-bond donors (Lipinski definition) is 1. The van der Waals surface area contributed by atoms with Crippen molar-refractivity contribution in [2.75, 3.05) is 20.1 Å². The predicted molar refractivity (Wildman–Crippen MR) is 69.6 cm³/mol. The third-order valence-electron chi connectivity index (χ3n) is 3.69. The van der Waals surface area contributed by atoms with E-state index in [0.717, 1.165) is 18.0 Å². The molecule has 0 unspecified atom stereocenters. The summed E-state index contributed by atoms with van der Waals surface area (Å²) in [6.45, 7) is 7.72. The van der Waals surface area contributed by atoms with Gasteiger partial charge in [0.15, 0.2) is 0 Å². The zero-order valence-corrected chi connectivity index (χ0v) is 11.1. The summed E-state index contributed by atoms with van der Waals surface area (Å²) in [5, 5.41) is 4.43. The van der Waals surface area contributed by atoms with E-state index in [1.807, 2.05) is 6.20 Å². The van der Waals surface area contributed by atoms with Crippen LogP contribution < -0.4 is 5.73 Å². The fourth-order valence-corrected chi connectivity index (χ4v) is 2.48. The van der Waals surface area contributed by atoms with Crippen LogP contribution in [0.5, 0.6) is 0 Å². The fourth-order valence-electron chi connectivity index (χ4n) is 2.48. The quantitative estimate of drug-likeness (QED) is 0.861. The van der Waals surface area contributed by atoms with E-state index in [9.17, 15) is 0 Å². The van der Waals surface area contributed by atoms with Crippen molar-refractivity contribution in [3.63, 3.8) is 0 Å². The maximum atomic E-state index is 6.12. The van der Waals surface area contributed by atoms with Crippen LogP contribution in [0.25, 0.3) is 0 Å². The van der Waals surface area contributed by atoms with E-state index < -0.39 is 0 Å². The van der Waals surface area contributed by atoms with Crippen LogP contribution in [-0.4, -0.2) is 34.8 Å². The fraction of sp³-hybridized carbons (Fsp3) is 0.769. The lowest BCUT2D eigenvalue weighted by atomic mass is 10.0. The summed E-state index contributed by atoms with van der Waals surface area (Å²) in [5.74, 6) is 1.20. The molecular weight excluding hydrogens is 212 g/mol. The maximum Gasteiger partial charge on any atom is 0.0537 e. The molecule has 96 valence electrons. The molecule has 4 nitrogen and oxygen atoms in total. The van der Waals surface area contributed by atoms with Crippen molar-refractivity contribution in [1.82, 2.24) is 14.7 Å². The number of rotatable bonds is 4. The summed E-state index contributed by atoms with van der Waals surface area (Å²) in [4.78, 5) is 2.38. The zero-order valence-electron chi connectivity index (χ0n) is 11.1. The highest BCUT2D eigenvalue weighted by atomic mass is 15.3. The van der Waals surface area contributed by atoms with Crippen LogP contribution in [0.4, 0.5) is 0 Å². The molecule has 0 bridgehead atoms. The lowest BCUT2D eigenvalue weighted by Crippen LogP contribution is -2.18. The van der Waals surface area contributed by atoms with Crippen molar-refractivity contribution < 1.29 is 0 Å². The van der Waals surface area contributed by atoms with Gasteiger partial charge in [0.2, 0.25) is 0 Å². The minimum Gasteiger partial charge on any atom is -0.324 e.